The lowest BCUT2D eigenvalue weighted by molar-refractivity contribution is 0.152. The topological polar surface area (TPSA) is 9.23 Å². The lowest BCUT2D eigenvalue weighted by Crippen LogP contribution is -2.19. The summed E-state index contributed by atoms with van der Waals surface area (Å²) in [7, 11) is 0. The molecule has 0 bridgehead atoms. The van der Waals surface area contributed by atoms with E-state index in [0.29, 0.717) is 0 Å². The predicted octanol–water partition coefficient (Wildman–Crippen LogP) is 3.46. The van der Waals surface area contributed by atoms with Gasteiger partial charge in [-0.1, -0.05) is 0 Å². The highest BCUT2D eigenvalue weighted by Crippen LogP contribution is 2.42. The molecule has 1 nitrogen and oxygen atoms in total. The highest BCUT2D eigenvalue weighted by molar-refractivity contribution is 8.03. The molecule has 0 aliphatic heterocycles. The molecule has 0 radical (unpaired) electrons. The summed E-state index contributed by atoms with van der Waals surface area (Å²) in [5.74, 6) is 0. The van der Waals surface area contributed by atoms with Crippen LogP contribution in [-0.4, -0.2) is 10.8 Å². The second-order valence-electron chi connectivity index (χ2n) is 4.63. The molecule has 0 N–H and O–H groups in total. The quantitative estimate of drug-likeness (QED) is 0.590. The average molecular weight is 193 g/mol. The van der Waals surface area contributed by atoms with Gasteiger partial charge in [-0.15, -0.1) is 0 Å². The van der Waals surface area contributed by atoms with Gasteiger partial charge < -0.3 is 0 Å². The van der Waals surface area contributed by atoms with Crippen LogP contribution in [0, 0.1) is 0 Å². The molecule has 0 rings (SSSR count). The third kappa shape index (κ3) is 5.72. The number of hydrogen-bond donors (Lipinski definition) is 0. The Balaban J connectivity index is 4.11. The van der Waals surface area contributed by atoms with Crippen LogP contribution in [0.1, 0.15) is 41.5 Å². The van der Waals surface area contributed by atoms with Crippen LogP contribution in [0.25, 0.3) is 0 Å². The summed E-state index contributed by atoms with van der Waals surface area (Å²) >= 11 is 5.27. The second kappa shape index (κ2) is 3.47. The van der Waals surface area contributed by atoms with Crippen LogP contribution in [0.3, 0.4) is 0 Å². The fourth-order valence-electron chi connectivity index (χ4n) is 0.386. The van der Waals surface area contributed by atoms with Crippen LogP contribution in [0.5, 0.6) is 0 Å². The molecule has 0 aromatic heterocycles. The van der Waals surface area contributed by atoms with Crippen LogP contribution in [0.4, 0.5) is 0 Å². The minimum atomic E-state index is -0.726. The summed E-state index contributed by atoms with van der Waals surface area (Å²) in [5.41, 5.74) is -0.0965. The molecule has 0 amide bonds. The van der Waals surface area contributed by atoms with Gasteiger partial charge in [-0.3, -0.25) is 0 Å². The summed E-state index contributed by atoms with van der Waals surface area (Å²) in [6.07, 6.45) is 0. The normalized spacial score (nSPS) is 14.9. The van der Waals surface area contributed by atoms with E-state index < -0.39 is 6.92 Å². The SMILES string of the molecule is CC(C)(C)O[P+](=S)C(C)(C)C. The molecule has 0 saturated carbocycles. The van der Waals surface area contributed by atoms with E-state index in [9.17, 15) is 0 Å². The highest BCUT2D eigenvalue weighted by atomic mass is 32.4. The van der Waals surface area contributed by atoms with Gasteiger partial charge in [0.15, 0.2) is 17.0 Å². The van der Waals surface area contributed by atoms with E-state index in [4.69, 9.17) is 16.3 Å². The van der Waals surface area contributed by atoms with E-state index in [1.165, 1.54) is 0 Å². The van der Waals surface area contributed by atoms with Gasteiger partial charge in [0.25, 0.3) is 0 Å². The molecule has 11 heavy (non-hydrogen) atoms. The smallest absolute Gasteiger partial charge is 0.162 e. The van der Waals surface area contributed by atoms with Gasteiger partial charge in [0.05, 0.1) is 0 Å². The van der Waals surface area contributed by atoms with Crippen molar-refractivity contribution in [2.75, 3.05) is 0 Å². The Labute approximate surface area is 76.0 Å². The van der Waals surface area contributed by atoms with Crippen molar-refractivity contribution in [3.05, 3.63) is 0 Å². The van der Waals surface area contributed by atoms with Crippen molar-refractivity contribution in [3.63, 3.8) is 0 Å². The van der Waals surface area contributed by atoms with Gasteiger partial charge >= 0.3 is 6.92 Å². The van der Waals surface area contributed by atoms with E-state index in [2.05, 4.69) is 20.8 Å². The molecule has 0 heterocycles. The van der Waals surface area contributed by atoms with Crippen molar-refractivity contribution >= 4 is 18.7 Å². The summed E-state index contributed by atoms with van der Waals surface area (Å²) in [6.45, 7) is 11.8. The van der Waals surface area contributed by atoms with Crippen LogP contribution >= 0.6 is 6.92 Å². The van der Waals surface area contributed by atoms with Crippen LogP contribution in [-0.2, 0) is 16.3 Å². The van der Waals surface area contributed by atoms with Gasteiger partial charge in [-0.25, -0.2) is 0 Å². The average Bonchev–Trinajstić information content (AvgIpc) is 1.56. The Kier molecular flexibility index (Phi) is 3.62. The lowest BCUT2D eigenvalue weighted by Gasteiger charge is -2.16. The third-order valence-electron chi connectivity index (χ3n) is 0.904. The summed E-state index contributed by atoms with van der Waals surface area (Å²) in [5, 5.41) is 0.123. The molecule has 0 spiro atoms. The molecule has 66 valence electrons. The van der Waals surface area contributed by atoms with E-state index in [1.807, 2.05) is 20.8 Å². The van der Waals surface area contributed by atoms with E-state index in [1.54, 1.807) is 0 Å². The maximum atomic E-state index is 5.68. The van der Waals surface area contributed by atoms with E-state index in [-0.39, 0.29) is 10.8 Å². The first kappa shape index (κ1) is 11.5. The standard InChI is InChI=1S/C8H18OPS/c1-7(2,3)9-10(11)8(4,5)6/h1-6H3/q+1. The molecule has 0 saturated heterocycles. The number of hydrogen-bond acceptors (Lipinski definition) is 2. The Morgan fingerprint density at radius 2 is 1.36 bits per heavy atom. The van der Waals surface area contributed by atoms with Crippen molar-refractivity contribution in [2.45, 2.75) is 52.3 Å². The summed E-state index contributed by atoms with van der Waals surface area (Å²) in [4.78, 5) is 0. The molecule has 0 aliphatic carbocycles. The second-order valence-corrected chi connectivity index (χ2v) is 7.66. The van der Waals surface area contributed by atoms with Gasteiger partial charge in [0, 0.05) is 0 Å². The van der Waals surface area contributed by atoms with Gasteiger partial charge in [0.2, 0.25) is 0 Å². The van der Waals surface area contributed by atoms with Gasteiger partial charge in [-0.2, -0.15) is 4.52 Å². The molecule has 0 fully saturated rings. The summed E-state index contributed by atoms with van der Waals surface area (Å²) in [6, 6.07) is 0. The Morgan fingerprint density at radius 3 is 1.45 bits per heavy atom. The largest absolute Gasteiger partial charge is 0.343 e. The molecular formula is C8H18OPS+. The van der Waals surface area contributed by atoms with Crippen molar-refractivity contribution in [1.29, 1.82) is 0 Å². The first-order valence-corrected chi connectivity index (χ1v) is 6.07. The molecule has 3 heteroatoms. The molecule has 1 atom stereocenters. The first-order valence-electron chi connectivity index (χ1n) is 3.79. The van der Waals surface area contributed by atoms with Gasteiger partial charge in [-0.05, 0) is 41.5 Å². The molecule has 1 unspecified atom stereocenters. The van der Waals surface area contributed by atoms with E-state index in [0.717, 1.165) is 0 Å². The number of rotatable bonds is 1. The maximum absolute atomic E-state index is 5.68. The van der Waals surface area contributed by atoms with Crippen LogP contribution in [0.15, 0.2) is 0 Å². The lowest BCUT2D eigenvalue weighted by atomic mass is 10.2. The summed E-state index contributed by atoms with van der Waals surface area (Å²) < 4.78 is 5.68. The highest BCUT2D eigenvalue weighted by Gasteiger charge is 2.35. The maximum Gasteiger partial charge on any atom is 0.343 e. The van der Waals surface area contributed by atoms with Crippen LogP contribution in [0.2, 0.25) is 0 Å². The molecule has 0 aliphatic rings. The molecule has 0 aromatic rings. The molecule has 0 aromatic carbocycles. The molecular weight excluding hydrogens is 175 g/mol. The van der Waals surface area contributed by atoms with Crippen molar-refractivity contribution in [3.8, 4) is 0 Å². The minimum absolute atomic E-state index is 0.0965. The predicted molar refractivity (Wildman–Crippen MR) is 54.9 cm³/mol. The third-order valence-corrected chi connectivity index (χ3v) is 4.58. The fourth-order valence-corrected chi connectivity index (χ4v) is 1.83. The Morgan fingerprint density at radius 1 is 1.00 bits per heavy atom. The zero-order valence-electron chi connectivity index (χ0n) is 8.26. The fraction of sp³-hybridized carbons (Fsp3) is 1.00. The minimum Gasteiger partial charge on any atom is -0.162 e. The van der Waals surface area contributed by atoms with Crippen molar-refractivity contribution in [1.82, 2.24) is 0 Å². The van der Waals surface area contributed by atoms with E-state index >= 15 is 0 Å². The zero-order valence-corrected chi connectivity index (χ0v) is 9.97. The van der Waals surface area contributed by atoms with Crippen LogP contribution < -0.4 is 0 Å². The van der Waals surface area contributed by atoms with Crippen molar-refractivity contribution < 1.29 is 4.52 Å². The van der Waals surface area contributed by atoms with Crippen molar-refractivity contribution in [2.24, 2.45) is 0 Å². The Bertz CT molecular complexity index is 152. The monoisotopic (exact) mass is 193 g/mol. The van der Waals surface area contributed by atoms with Gasteiger partial charge in [0.1, 0.15) is 5.60 Å². The zero-order chi connectivity index (χ0) is 9.28. The Hall–Kier alpha value is 0.480. The first-order chi connectivity index (χ1) is 4.63.